The van der Waals surface area contributed by atoms with E-state index in [-0.39, 0.29) is 5.91 Å². The monoisotopic (exact) mass is 487 g/mol. The Hall–Kier alpha value is -2.64. The molecule has 0 aliphatic rings. The largest absolute Gasteiger partial charge is 0.326 e. The fourth-order valence-electron chi connectivity index (χ4n) is 3.05. The summed E-state index contributed by atoms with van der Waals surface area (Å²) in [6.07, 6.45) is 0.728. The molecule has 0 spiro atoms. The van der Waals surface area contributed by atoms with Crippen LogP contribution >= 0.6 is 27.5 Å². The first-order chi connectivity index (χ1) is 14.3. The lowest BCUT2D eigenvalue weighted by atomic mass is 10.1. The van der Waals surface area contributed by atoms with Crippen LogP contribution in [0.2, 0.25) is 5.02 Å². The third kappa shape index (κ3) is 5.70. The van der Waals surface area contributed by atoms with Crippen molar-refractivity contribution in [3.63, 3.8) is 0 Å². The van der Waals surface area contributed by atoms with E-state index in [2.05, 4.69) is 36.7 Å². The van der Waals surface area contributed by atoms with E-state index in [0.29, 0.717) is 23.1 Å². The maximum atomic E-state index is 12.7. The number of aromatic nitrogens is 2. The Morgan fingerprint density at radius 2 is 1.93 bits per heavy atom. The summed E-state index contributed by atoms with van der Waals surface area (Å²) in [4.78, 5) is 17.3. The summed E-state index contributed by atoms with van der Waals surface area (Å²) in [5.41, 5.74) is 4.61. The number of hydrogen-bond donors (Lipinski definition) is 2. The number of carbonyl (C=O) groups excluding carboxylic acids is 1. The van der Waals surface area contributed by atoms with Crippen molar-refractivity contribution in [1.82, 2.24) is 15.1 Å². The zero-order valence-electron chi connectivity index (χ0n) is 17.0. The maximum Gasteiger partial charge on any atom is 0.257 e. The average molecular weight is 489 g/mol. The van der Waals surface area contributed by atoms with Gasteiger partial charge in [0, 0.05) is 40.0 Å². The molecule has 156 valence electrons. The number of hydrogen-bond acceptors (Lipinski definition) is 3. The number of nitrogens with zero attached hydrogens (tertiary/aromatic N) is 3. The topological polar surface area (TPSA) is 71.3 Å². The molecule has 0 aliphatic heterocycles. The molecular formula is C22H23BrClN5O. The van der Waals surface area contributed by atoms with Crippen molar-refractivity contribution in [2.24, 2.45) is 12.0 Å². The maximum absolute atomic E-state index is 12.7. The standard InChI is InChI=1S/C22H23BrClN5O/c1-14-20(15(2)29(3)28-14)11-12-25-22(26-19-6-4-5-17(23)13-19)27-21(30)16-7-9-18(24)10-8-16/h4-10,13H,11-12H2,1-3H3,(H2,25,26,27,30). The predicted molar refractivity (Wildman–Crippen MR) is 125 cm³/mol. The lowest BCUT2D eigenvalue weighted by molar-refractivity contribution is 0.0977. The Kier molecular flexibility index (Phi) is 7.29. The first-order valence-electron chi connectivity index (χ1n) is 9.46. The van der Waals surface area contributed by atoms with Gasteiger partial charge in [-0.05, 0) is 68.3 Å². The molecule has 6 nitrogen and oxygen atoms in total. The minimum Gasteiger partial charge on any atom is -0.326 e. The van der Waals surface area contributed by atoms with Crippen molar-refractivity contribution < 1.29 is 4.79 Å². The number of nitrogens with one attached hydrogen (secondary N) is 2. The van der Waals surface area contributed by atoms with E-state index >= 15 is 0 Å². The molecule has 1 aromatic heterocycles. The normalized spacial score (nSPS) is 11.4. The summed E-state index contributed by atoms with van der Waals surface area (Å²) in [5.74, 6) is 0.119. The number of anilines is 1. The zero-order chi connectivity index (χ0) is 21.7. The summed E-state index contributed by atoms with van der Waals surface area (Å²) in [6.45, 7) is 4.54. The van der Waals surface area contributed by atoms with Gasteiger partial charge in [-0.2, -0.15) is 5.10 Å². The first kappa shape index (κ1) is 22.1. The summed E-state index contributed by atoms with van der Waals surface area (Å²) in [6, 6.07) is 14.4. The molecule has 2 aromatic carbocycles. The number of aryl methyl sites for hydroxylation is 2. The van der Waals surface area contributed by atoms with Crippen LogP contribution in [-0.4, -0.2) is 28.2 Å². The molecule has 3 rings (SSSR count). The second-order valence-corrected chi connectivity index (χ2v) is 8.20. The lowest BCUT2D eigenvalue weighted by Crippen LogP contribution is -2.36. The molecule has 1 amide bonds. The van der Waals surface area contributed by atoms with Crippen LogP contribution in [0.1, 0.15) is 27.3 Å². The van der Waals surface area contributed by atoms with Crippen LogP contribution in [0.4, 0.5) is 5.69 Å². The Morgan fingerprint density at radius 3 is 2.57 bits per heavy atom. The van der Waals surface area contributed by atoms with Crippen LogP contribution in [0.15, 0.2) is 58.0 Å². The van der Waals surface area contributed by atoms with Gasteiger partial charge < -0.3 is 5.32 Å². The number of aliphatic imine (C=N–C) groups is 1. The van der Waals surface area contributed by atoms with Crippen LogP contribution in [0.25, 0.3) is 0 Å². The third-order valence-electron chi connectivity index (χ3n) is 4.72. The van der Waals surface area contributed by atoms with Crippen LogP contribution in [0.3, 0.4) is 0 Å². The van der Waals surface area contributed by atoms with Crippen molar-refractivity contribution in [1.29, 1.82) is 0 Å². The van der Waals surface area contributed by atoms with E-state index in [4.69, 9.17) is 11.6 Å². The van der Waals surface area contributed by atoms with Crippen molar-refractivity contribution >= 4 is 45.1 Å². The van der Waals surface area contributed by atoms with Crippen molar-refractivity contribution in [3.05, 3.63) is 80.5 Å². The highest BCUT2D eigenvalue weighted by Gasteiger charge is 2.11. The molecule has 3 aromatic rings. The van der Waals surface area contributed by atoms with Gasteiger partial charge in [0.25, 0.3) is 5.91 Å². The van der Waals surface area contributed by atoms with Gasteiger partial charge in [-0.25, -0.2) is 0 Å². The van der Waals surface area contributed by atoms with Gasteiger partial charge in [-0.1, -0.05) is 33.6 Å². The molecule has 30 heavy (non-hydrogen) atoms. The molecule has 0 saturated carbocycles. The Morgan fingerprint density at radius 1 is 1.20 bits per heavy atom. The fourth-order valence-corrected chi connectivity index (χ4v) is 3.58. The fraction of sp³-hybridized carbons (Fsp3) is 0.227. The van der Waals surface area contributed by atoms with Gasteiger partial charge >= 0.3 is 0 Å². The lowest BCUT2D eigenvalue weighted by Gasteiger charge is -2.12. The van der Waals surface area contributed by atoms with Gasteiger partial charge in [0.1, 0.15) is 0 Å². The van der Waals surface area contributed by atoms with E-state index in [1.54, 1.807) is 24.3 Å². The Balaban J connectivity index is 1.78. The summed E-state index contributed by atoms with van der Waals surface area (Å²) < 4.78 is 2.80. The van der Waals surface area contributed by atoms with E-state index in [1.165, 1.54) is 5.56 Å². The molecular weight excluding hydrogens is 466 g/mol. The summed E-state index contributed by atoms with van der Waals surface area (Å²) >= 11 is 9.38. The molecule has 2 N–H and O–H groups in total. The Labute approximate surface area is 189 Å². The highest BCUT2D eigenvalue weighted by atomic mass is 79.9. The molecule has 0 radical (unpaired) electrons. The van der Waals surface area contributed by atoms with Crippen molar-refractivity contribution in [2.75, 3.05) is 11.9 Å². The van der Waals surface area contributed by atoms with Crippen molar-refractivity contribution in [3.8, 4) is 0 Å². The highest BCUT2D eigenvalue weighted by molar-refractivity contribution is 9.10. The van der Waals surface area contributed by atoms with E-state index in [1.807, 2.05) is 49.8 Å². The number of halogens is 2. The minimum absolute atomic E-state index is 0.262. The van der Waals surface area contributed by atoms with Crippen LogP contribution < -0.4 is 10.6 Å². The predicted octanol–water partition coefficient (Wildman–Crippen LogP) is 4.89. The van der Waals surface area contributed by atoms with E-state index in [0.717, 1.165) is 28.0 Å². The number of guanidine groups is 1. The number of rotatable bonds is 5. The average Bonchev–Trinajstić information content (AvgIpc) is 2.94. The highest BCUT2D eigenvalue weighted by Crippen LogP contribution is 2.16. The van der Waals surface area contributed by atoms with Crippen LogP contribution in [0, 0.1) is 13.8 Å². The minimum atomic E-state index is -0.262. The van der Waals surface area contributed by atoms with E-state index < -0.39 is 0 Å². The SMILES string of the molecule is Cc1nn(C)c(C)c1CCN=C(NC(=O)c1ccc(Cl)cc1)Nc1cccc(Br)c1. The molecule has 0 saturated heterocycles. The third-order valence-corrected chi connectivity index (χ3v) is 5.46. The zero-order valence-corrected chi connectivity index (χ0v) is 19.4. The van der Waals surface area contributed by atoms with Crippen LogP contribution in [-0.2, 0) is 13.5 Å². The summed E-state index contributed by atoms with van der Waals surface area (Å²) in [5, 5.41) is 11.1. The van der Waals surface area contributed by atoms with Gasteiger partial charge in [-0.3, -0.25) is 19.8 Å². The van der Waals surface area contributed by atoms with E-state index in [9.17, 15) is 4.79 Å². The van der Waals surface area contributed by atoms with Gasteiger partial charge in [0.15, 0.2) is 0 Å². The molecule has 0 unspecified atom stereocenters. The van der Waals surface area contributed by atoms with Gasteiger partial charge in [-0.15, -0.1) is 0 Å². The molecule has 1 heterocycles. The number of carbonyl (C=O) groups is 1. The molecule has 0 fully saturated rings. The number of benzene rings is 2. The van der Waals surface area contributed by atoms with Gasteiger partial charge in [0.2, 0.25) is 5.96 Å². The smallest absolute Gasteiger partial charge is 0.257 e. The molecule has 0 aliphatic carbocycles. The quantitative estimate of drug-likeness (QED) is 0.397. The number of amides is 1. The second kappa shape index (κ2) is 9.91. The first-order valence-corrected chi connectivity index (χ1v) is 10.6. The molecule has 0 bridgehead atoms. The van der Waals surface area contributed by atoms with Crippen molar-refractivity contribution in [2.45, 2.75) is 20.3 Å². The Bertz CT molecular complexity index is 1080. The second-order valence-electron chi connectivity index (χ2n) is 6.85. The molecule has 8 heteroatoms. The molecule has 0 atom stereocenters. The van der Waals surface area contributed by atoms with Gasteiger partial charge in [0.05, 0.1) is 5.69 Å². The summed E-state index contributed by atoms with van der Waals surface area (Å²) in [7, 11) is 1.93. The van der Waals surface area contributed by atoms with Crippen LogP contribution in [0.5, 0.6) is 0 Å².